The van der Waals surface area contributed by atoms with Crippen LogP contribution in [0.5, 0.6) is 5.75 Å². The number of pyridine rings is 1. The van der Waals surface area contributed by atoms with Gasteiger partial charge in [-0.25, -0.2) is 9.50 Å². The molecule has 0 aliphatic heterocycles. The van der Waals surface area contributed by atoms with E-state index in [0.717, 1.165) is 21.7 Å². The second-order valence-electron chi connectivity index (χ2n) is 4.59. The van der Waals surface area contributed by atoms with Gasteiger partial charge in [0.05, 0.1) is 6.61 Å². The minimum atomic E-state index is 0.571. The molecule has 0 saturated heterocycles. The lowest BCUT2D eigenvalue weighted by Gasteiger charge is -2.04. The highest BCUT2D eigenvalue weighted by Crippen LogP contribution is 2.13. The summed E-state index contributed by atoms with van der Waals surface area (Å²) >= 11 is 3.42. The summed E-state index contributed by atoms with van der Waals surface area (Å²) in [5.41, 5.74) is 2.06. The van der Waals surface area contributed by atoms with Crippen LogP contribution >= 0.6 is 15.9 Å². The molecular weight excluding hydrogens is 318 g/mol. The number of hydrogen-bond acceptors (Lipinski definition) is 3. The fourth-order valence-corrected chi connectivity index (χ4v) is 2.23. The number of fused-ring (bicyclic) bond motifs is 1. The Kier molecular flexibility index (Phi) is 3.69. The van der Waals surface area contributed by atoms with Crippen molar-refractivity contribution in [2.45, 2.75) is 13.3 Å². The molecule has 102 valence electrons. The third-order valence-electron chi connectivity index (χ3n) is 2.96. The lowest BCUT2D eigenvalue weighted by atomic mass is 10.2. The zero-order valence-electron chi connectivity index (χ0n) is 11.1. The zero-order chi connectivity index (χ0) is 13.9. The second kappa shape index (κ2) is 5.63. The van der Waals surface area contributed by atoms with Crippen LogP contribution in [0.15, 0.2) is 47.1 Å². The van der Waals surface area contributed by atoms with Crippen LogP contribution in [0.2, 0.25) is 0 Å². The van der Waals surface area contributed by atoms with Gasteiger partial charge >= 0.3 is 0 Å². The Morgan fingerprint density at radius 3 is 2.80 bits per heavy atom. The highest BCUT2D eigenvalue weighted by molar-refractivity contribution is 9.10. The molecule has 0 N–H and O–H groups in total. The SMILES string of the molecule is Cc1ccc(OCCc2nc3cc(Br)ccn3n2)cc1. The van der Waals surface area contributed by atoms with Crippen LogP contribution in [-0.4, -0.2) is 21.2 Å². The number of ether oxygens (including phenoxy) is 1. The summed E-state index contributed by atoms with van der Waals surface area (Å²) in [4.78, 5) is 4.46. The Balaban J connectivity index is 1.63. The molecule has 1 aromatic carbocycles. The first-order chi connectivity index (χ1) is 9.70. The highest BCUT2D eigenvalue weighted by Gasteiger charge is 2.04. The first-order valence-electron chi connectivity index (χ1n) is 6.41. The van der Waals surface area contributed by atoms with Gasteiger partial charge in [0.25, 0.3) is 0 Å². The van der Waals surface area contributed by atoms with Crippen molar-refractivity contribution in [3.8, 4) is 5.75 Å². The zero-order valence-corrected chi connectivity index (χ0v) is 12.7. The quantitative estimate of drug-likeness (QED) is 0.735. The third kappa shape index (κ3) is 2.99. The molecular formula is C15H14BrN3O. The molecule has 0 aliphatic carbocycles. The van der Waals surface area contributed by atoms with Crippen LogP contribution in [-0.2, 0) is 6.42 Å². The molecule has 20 heavy (non-hydrogen) atoms. The van der Waals surface area contributed by atoms with Crippen LogP contribution in [0, 0.1) is 6.92 Å². The topological polar surface area (TPSA) is 39.4 Å². The summed E-state index contributed by atoms with van der Waals surface area (Å²) in [7, 11) is 0. The highest BCUT2D eigenvalue weighted by atomic mass is 79.9. The number of aryl methyl sites for hydroxylation is 1. The number of rotatable bonds is 4. The van der Waals surface area contributed by atoms with E-state index in [1.165, 1.54) is 5.56 Å². The van der Waals surface area contributed by atoms with Crippen molar-refractivity contribution >= 4 is 21.6 Å². The Morgan fingerprint density at radius 2 is 2.00 bits per heavy atom. The van der Waals surface area contributed by atoms with Gasteiger partial charge < -0.3 is 4.74 Å². The van der Waals surface area contributed by atoms with Crippen molar-refractivity contribution in [1.82, 2.24) is 14.6 Å². The summed E-state index contributed by atoms with van der Waals surface area (Å²) in [6, 6.07) is 11.9. The fraction of sp³-hybridized carbons (Fsp3) is 0.200. The molecule has 0 fully saturated rings. The van der Waals surface area contributed by atoms with Gasteiger partial charge in [-0.3, -0.25) is 0 Å². The minimum Gasteiger partial charge on any atom is -0.493 e. The normalized spacial score (nSPS) is 10.9. The van der Waals surface area contributed by atoms with Crippen molar-refractivity contribution in [3.05, 3.63) is 58.5 Å². The van der Waals surface area contributed by atoms with Gasteiger partial charge in [0.2, 0.25) is 0 Å². The van der Waals surface area contributed by atoms with E-state index in [0.29, 0.717) is 13.0 Å². The van der Waals surface area contributed by atoms with Gasteiger partial charge in [0, 0.05) is 17.1 Å². The van der Waals surface area contributed by atoms with Crippen LogP contribution in [0.1, 0.15) is 11.4 Å². The van der Waals surface area contributed by atoms with E-state index in [-0.39, 0.29) is 0 Å². The predicted molar refractivity (Wildman–Crippen MR) is 81.1 cm³/mol. The van der Waals surface area contributed by atoms with E-state index >= 15 is 0 Å². The van der Waals surface area contributed by atoms with E-state index in [1.54, 1.807) is 4.52 Å². The van der Waals surface area contributed by atoms with Crippen LogP contribution < -0.4 is 4.74 Å². The van der Waals surface area contributed by atoms with Crippen LogP contribution in [0.4, 0.5) is 0 Å². The average Bonchev–Trinajstić information content (AvgIpc) is 2.83. The van der Waals surface area contributed by atoms with Crippen molar-refractivity contribution in [3.63, 3.8) is 0 Å². The van der Waals surface area contributed by atoms with Crippen molar-refractivity contribution < 1.29 is 4.74 Å². The fourth-order valence-electron chi connectivity index (χ4n) is 1.90. The third-order valence-corrected chi connectivity index (χ3v) is 3.45. The molecule has 0 bridgehead atoms. The summed E-state index contributed by atoms with van der Waals surface area (Å²) in [6.45, 7) is 2.63. The smallest absolute Gasteiger partial charge is 0.156 e. The summed E-state index contributed by atoms with van der Waals surface area (Å²) in [5.74, 6) is 1.66. The standard InChI is InChI=1S/C15H14BrN3O/c1-11-2-4-13(5-3-11)20-9-7-14-17-15-10-12(16)6-8-19(15)18-14/h2-6,8,10H,7,9H2,1H3. The van der Waals surface area contributed by atoms with Gasteiger partial charge in [0.1, 0.15) is 5.75 Å². The van der Waals surface area contributed by atoms with E-state index < -0.39 is 0 Å². The lowest BCUT2D eigenvalue weighted by molar-refractivity contribution is 0.319. The summed E-state index contributed by atoms with van der Waals surface area (Å²) < 4.78 is 8.46. The van der Waals surface area contributed by atoms with Gasteiger partial charge in [-0.1, -0.05) is 33.6 Å². The summed E-state index contributed by atoms with van der Waals surface area (Å²) in [5, 5.41) is 4.40. The largest absolute Gasteiger partial charge is 0.493 e. The number of benzene rings is 1. The maximum Gasteiger partial charge on any atom is 0.156 e. The summed E-state index contributed by atoms with van der Waals surface area (Å²) in [6.07, 6.45) is 2.57. The van der Waals surface area contributed by atoms with E-state index in [4.69, 9.17) is 4.74 Å². The Hall–Kier alpha value is -1.88. The maximum atomic E-state index is 5.69. The molecule has 5 heteroatoms. The second-order valence-corrected chi connectivity index (χ2v) is 5.50. The molecule has 4 nitrogen and oxygen atoms in total. The van der Waals surface area contributed by atoms with Crippen LogP contribution in [0.3, 0.4) is 0 Å². The van der Waals surface area contributed by atoms with Crippen molar-refractivity contribution in [2.24, 2.45) is 0 Å². The Morgan fingerprint density at radius 1 is 1.20 bits per heavy atom. The molecule has 3 aromatic rings. The Labute approximate surface area is 125 Å². The molecule has 0 saturated carbocycles. The van der Waals surface area contributed by atoms with Crippen molar-refractivity contribution in [1.29, 1.82) is 0 Å². The average molecular weight is 332 g/mol. The molecule has 0 aliphatic rings. The van der Waals surface area contributed by atoms with Crippen molar-refractivity contribution in [2.75, 3.05) is 6.61 Å². The number of halogens is 1. The van der Waals surface area contributed by atoms with Gasteiger partial charge in [-0.05, 0) is 31.2 Å². The first-order valence-corrected chi connectivity index (χ1v) is 7.20. The monoisotopic (exact) mass is 331 g/mol. The molecule has 3 rings (SSSR count). The number of hydrogen-bond donors (Lipinski definition) is 0. The lowest BCUT2D eigenvalue weighted by Crippen LogP contribution is -2.03. The minimum absolute atomic E-state index is 0.571. The molecule has 0 radical (unpaired) electrons. The Bertz CT molecular complexity index is 722. The maximum absolute atomic E-state index is 5.69. The van der Waals surface area contributed by atoms with E-state index in [2.05, 4.69) is 32.9 Å². The molecule has 2 heterocycles. The number of aromatic nitrogens is 3. The van der Waals surface area contributed by atoms with Crippen LogP contribution in [0.25, 0.3) is 5.65 Å². The number of nitrogens with zero attached hydrogens (tertiary/aromatic N) is 3. The van der Waals surface area contributed by atoms with E-state index in [9.17, 15) is 0 Å². The van der Waals surface area contributed by atoms with Gasteiger partial charge in [-0.2, -0.15) is 5.10 Å². The van der Waals surface area contributed by atoms with Gasteiger partial charge in [0.15, 0.2) is 11.5 Å². The molecule has 0 spiro atoms. The molecule has 0 atom stereocenters. The van der Waals surface area contributed by atoms with Gasteiger partial charge in [-0.15, -0.1) is 0 Å². The molecule has 0 unspecified atom stereocenters. The predicted octanol–water partition coefficient (Wildman–Crippen LogP) is 3.42. The van der Waals surface area contributed by atoms with E-state index in [1.807, 2.05) is 42.6 Å². The molecule has 2 aromatic heterocycles. The molecule has 0 amide bonds. The first kappa shape index (κ1) is 13.1.